The van der Waals surface area contributed by atoms with Crippen molar-refractivity contribution in [3.63, 3.8) is 0 Å². The lowest BCUT2D eigenvalue weighted by Crippen LogP contribution is -2.38. The van der Waals surface area contributed by atoms with Crippen LogP contribution < -0.4 is 0 Å². The van der Waals surface area contributed by atoms with Crippen molar-refractivity contribution in [1.82, 2.24) is 0 Å². The third kappa shape index (κ3) is 2.08. The lowest BCUT2D eigenvalue weighted by atomic mass is 9.57. The number of rotatable bonds is 1. The first-order chi connectivity index (χ1) is 10.8. The van der Waals surface area contributed by atoms with Crippen LogP contribution in [-0.2, 0) is 9.53 Å². The second-order valence-electron chi connectivity index (χ2n) is 8.17. The van der Waals surface area contributed by atoms with Gasteiger partial charge in [-0.2, -0.15) is 0 Å². The van der Waals surface area contributed by atoms with E-state index < -0.39 is 0 Å². The fourth-order valence-electron chi connectivity index (χ4n) is 5.36. The number of fused-ring (bicyclic) bond motifs is 3. The molecule has 1 heterocycles. The smallest absolute Gasteiger partial charge is 0.313 e. The summed E-state index contributed by atoms with van der Waals surface area (Å²) in [5, 5.41) is 0. The summed E-state index contributed by atoms with van der Waals surface area (Å²) < 4.78 is 6.90. The van der Waals surface area contributed by atoms with Gasteiger partial charge in [0, 0.05) is 16.0 Å². The summed E-state index contributed by atoms with van der Waals surface area (Å²) in [7, 11) is 0. The van der Waals surface area contributed by atoms with Crippen molar-refractivity contribution >= 4 is 21.9 Å². The van der Waals surface area contributed by atoms with E-state index in [1.807, 2.05) is 18.2 Å². The molecule has 0 N–H and O–H groups in total. The maximum absolute atomic E-state index is 12.6. The number of hydrogen-bond donors (Lipinski definition) is 0. The van der Waals surface area contributed by atoms with Crippen molar-refractivity contribution in [3.8, 4) is 0 Å². The van der Waals surface area contributed by atoms with Crippen molar-refractivity contribution in [2.45, 2.75) is 46.1 Å². The van der Waals surface area contributed by atoms with Gasteiger partial charge < -0.3 is 4.74 Å². The Kier molecular flexibility index (Phi) is 3.32. The summed E-state index contributed by atoms with van der Waals surface area (Å²) in [4.78, 5) is 12.6. The van der Waals surface area contributed by atoms with Crippen molar-refractivity contribution in [1.29, 1.82) is 0 Å². The van der Waals surface area contributed by atoms with E-state index >= 15 is 0 Å². The van der Waals surface area contributed by atoms with Crippen molar-refractivity contribution in [2.24, 2.45) is 22.7 Å². The Morgan fingerprint density at radius 2 is 1.91 bits per heavy atom. The van der Waals surface area contributed by atoms with E-state index in [4.69, 9.17) is 4.74 Å². The fourth-order valence-corrected chi connectivity index (χ4v) is 5.87. The van der Waals surface area contributed by atoms with Crippen LogP contribution >= 0.6 is 15.9 Å². The Morgan fingerprint density at radius 1 is 1.17 bits per heavy atom. The van der Waals surface area contributed by atoms with Gasteiger partial charge in [-0.15, -0.1) is 0 Å². The third-order valence-electron chi connectivity index (χ3n) is 6.36. The van der Waals surface area contributed by atoms with Crippen molar-refractivity contribution in [2.75, 3.05) is 0 Å². The zero-order chi connectivity index (χ0) is 16.4. The highest BCUT2D eigenvalue weighted by Gasteiger charge is 2.61. The van der Waals surface area contributed by atoms with Crippen LogP contribution in [0.1, 0.15) is 51.7 Å². The van der Waals surface area contributed by atoms with Gasteiger partial charge in [0.05, 0.1) is 5.92 Å². The van der Waals surface area contributed by atoms with Gasteiger partial charge in [-0.05, 0) is 29.7 Å². The molecular weight excluding hydrogens is 352 g/mol. The van der Waals surface area contributed by atoms with E-state index in [9.17, 15) is 4.79 Å². The Labute approximate surface area is 146 Å². The Hall–Kier alpha value is -1.09. The van der Waals surface area contributed by atoms with Gasteiger partial charge in [-0.3, -0.25) is 4.79 Å². The van der Waals surface area contributed by atoms with Gasteiger partial charge in [0.1, 0.15) is 6.10 Å². The average Bonchev–Trinajstić information content (AvgIpc) is 2.97. The van der Waals surface area contributed by atoms with E-state index in [1.54, 1.807) is 0 Å². The molecule has 0 bridgehead atoms. The maximum atomic E-state index is 12.6. The number of cyclic esters (lactones) is 1. The second-order valence-corrected chi connectivity index (χ2v) is 9.02. The van der Waals surface area contributed by atoms with Crippen LogP contribution in [0.4, 0.5) is 0 Å². The molecule has 1 saturated heterocycles. The predicted octanol–water partition coefficient (Wildman–Crippen LogP) is 5.44. The summed E-state index contributed by atoms with van der Waals surface area (Å²) in [5.74, 6) is 0.0995. The Balaban J connectivity index is 1.82. The van der Waals surface area contributed by atoms with Gasteiger partial charge in [-0.25, -0.2) is 0 Å². The van der Waals surface area contributed by atoms with E-state index in [0.717, 1.165) is 16.5 Å². The molecule has 0 amide bonds. The number of ether oxygens (including phenoxy) is 1. The maximum Gasteiger partial charge on any atom is 0.313 e. The van der Waals surface area contributed by atoms with Crippen molar-refractivity contribution < 1.29 is 9.53 Å². The van der Waals surface area contributed by atoms with Crippen LogP contribution in [0.15, 0.2) is 40.4 Å². The second kappa shape index (κ2) is 4.95. The standard InChI is InChI=1S/C20H23BrO2/c1-19(2)9-6-10-20(3)15(19)11-13-16(20)17(23-18(13)22)12-7-4-5-8-14(12)21/h4-5,7-8,11,13,16-17H,6,9-10H2,1-3H3/t13-,16+,17-,20+/m1/s1. The first-order valence-electron chi connectivity index (χ1n) is 8.52. The molecule has 122 valence electrons. The summed E-state index contributed by atoms with van der Waals surface area (Å²) in [6, 6.07) is 8.15. The van der Waals surface area contributed by atoms with Crippen LogP contribution in [0.5, 0.6) is 0 Å². The van der Waals surface area contributed by atoms with Crippen LogP contribution in [0.25, 0.3) is 0 Å². The molecule has 3 aliphatic rings. The summed E-state index contributed by atoms with van der Waals surface area (Å²) in [6.45, 7) is 7.02. The minimum atomic E-state index is -0.143. The highest BCUT2D eigenvalue weighted by molar-refractivity contribution is 9.10. The third-order valence-corrected chi connectivity index (χ3v) is 7.09. The van der Waals surface area contributed by atoms with Crippen LogP contribution in [-0.4, -0.2) is 5.97 Å². The van der Waals surface area contributed by atoms with Gasteiger partial charge in [-0.1, -0.05) is 73.0 Å². The molecule has 1 aliphatic heterocycles. The van der Waals surface area contributed by atoms with Crippen LogP contribution in [0.3, 0.4) is 0 Å². The molecule has 23 heavy (non-hydrogen) atoms. The number of allylic oxidation sites excluding steroid dienone is 1. The number of benzene rings is 1. The Bertz CT molecular complexity index is 705. The largest absolute Gasteiger partial charge is 0.457 e. The molecule has 2 aliphatic carbocycles. The van der Waals surface area contributed by atoms with Gasteiger partial charge >= 0.3 is 5.97 Å². The monoisotopic (exact) mass is 374 g/mol. The van der Waals surface area contributed by atoms with E-state index in [-0.39, 0.29) is 34.7 Å². The fraction of sp³-hybridized carbons (Fsp3) is 0.550. The molecule has 4 atom stereocenters. The first-order valence-corrected chi connectivity index (χ1v) is 9.32. The molecule has 0 unspecified atom stereocenters. The van der Waals surface area contributed by atoms with Crippen LogP contribution in [0.2, 0.25) is 0 Å². The SMILES string of the molecule is CC1(C)CCC[C@@]2(C)C1=C[C@H]1C(=O)O[C@H](c3ccccc3Br)[C@H]12. The molecule has 1 saturated carbocycles. The van der Waals surface area contributed by atoms with E-state index in [1.165, 1.54) is 18.4 Å². The molecule has 2 fully saturated rings. The topological polar surface area (TPSA) is 26.3 Å². The molecular formula is C20H23BrO2. The minimum Gasteiger partial charge on any atom is -0.457 e. The molecule has 0 radical (unpaired) electrons. The molecule has 2 nitrogen and oxygen atoms in total. The summed E-state index contributed by atoms with van der Waals surface area (Å²) in [5.41, 5.74) is 2.85. The average molecular weight is 375 g/mol. The van der Waals surface area contributed by atoms with Gasteiger partial charge in [0.15, 0.2) is 0 Å². The quantitative estimate of drug-likeness (QED) is 0.483. The number of carbonyl (C=O) groups is 1. The van der Waals surface area contributed by atoms with Crippen molar-refractivity contribution in [3.05, 3.63) is 46.0 Å². The van der Waals surface area contributed by atoms with E-state index in [2.05, 4.69) is 48.8 Å². The highest BCUT2D eigenvalue weighted by Crippen LogP contribution is 2.65. The van der Waals surface area contributed by atoms with E-state index in [0.29, 0.717) is 0 Å². The molecule has 4 rings (SSSR count). The normalized spacial score (nSPS) is 37.8. The Morgan fingerprint density at radius 3 is 2.65 bits per heavy atom. The predicted molar refractivity (Wildman–Crippen MR) is 93.8 cm³/mol. The number of halogens is 1. The van der Waals surface area contributed by atoms with Gasteiger partial charge in [0.2, 0.25) is 0 Å². The number of hydrogen-bond acceptors (Lipinski definition) is 2. The molecule has 0 aromatic heterocycles. The molecule has 0 spiro atoms. The summed E-state index contributed by atoms with van der Waals surface area (Å²) >= 11 is 3.64. The number of carbonyl (C=O) groups excluding carboxylic acids is 1. The highest BCUT2D eigenvalue weighted by atomic mass is 79.9. The zero-order valence-corrected chi connectivity index (χ0v) is 15.5. The minimum absolute atomic E-state index is 0.0466. The molecule has 1 aromatic carbocycles. The van der Waals surface area contributed by atoms with Gasteiger partial charge in [0.25, 0.3) is 0 Å². The lowest BCUT2D eigenvalue weighted by Gasteiger charge is -2.47. The molecule has 1 aromatic rings. The molecule has 3 heteroatoms. The number of esters is 1. The first kappa shape index (κ1) is 15.4. The summed E-state index contributed by atoms with van der Waals surface area (Å²) in [6.07, 6.45) is 5.70. The lowest BCUT2D eigenvalue weighted by molar-refractivity contribution is -0.143. The zero-order valence-electron chi connectivity index (χ0n) is 13.9. The van der Waals surface area contributed by atoms with Crippen LogP contribution in [0, 0.1) is 22.7 Å².